The number of aromatic nitrogens is 1. The fraction of sp³-hybridized carbons (Fsp3) is 0.200. The lowest BCUT2D eigenvalue weighted by Crippen LogP contribution is -2.13. The number of benzene rings is 1. The summed E-state index contributed by atoms with van der Waals surface area (Å²) < 4.78 is 5.21. The number of methoxy groups -OCH3 is 1. The van der Waals surface area contributed by atoms with Crippen LogP contribution >= 0.6 is 0 Å². The molecule has 0 saturated heterocycles. The van der Waals surface area contributed by atoms with E-state index in [9.17, 15) is 4.79 Å². The Bertz CT molecular complexity index is 609. The van der Waals surface area contributed by atoms with Gasteiger partial charge in [-0.25, -0.2) is 0 Å². The zero-order valence-electron chi connectivity index (χ0n) is 11.4. The molecule has 1 aromatic heterocycles. The van der Waals surface area contributed by atoms with Gasteiger partial charge in [-0.2, -0.15) is 0 Å². The van der Waals surface area contributed by atoms with Crippen LogP contribution in [0.5, 0.6) is 5.75 Å². The topological polar surface area (TPSA) is 71.5 Å². The van der Waals surface area contributed by atoms with Crippen molar-refractivity contribution in [1.29, 1.82) is 0 Å². The van der Waals surface area contributed by atoms with Gasteiger partial charge in [-0.3, -0.25) is 9.78 Å². The first kappa shape index (κ1) is 13.9. The Balaban J connectivity index is 2.33. The second-order valence-corrected chi connectivity index (χ2v) is 4.38. The van der Waals surface area contributed by atoms with Gasteiger partial charge < -0.3 is 15.2 Å². The summed E-state index contributed by atoms with van der Waals surface area (Å²) in [5, 5.41) is 11.6. The molecule has 0 aliphatic rings. The van der Waals surface area contributed by atoms with Crippen LogP contribution in [0.25, 0.3) is 11.3 Å². The third kappa shape index (κ3) is 3.26. The number of nitrogens with one attached hydrogen (secondary N) is 1. The lowest BCUT2D eigenvalue weighted by Gasteiger charge is -2.11. The Morgan fingerprint density at radius 1 is 1.35 bits per heavy atom. The van der Waals surface area contributed by atoms with Crippen molar-refractivity contribution >= 4 is 11.7 Å². The van der Waals surface area contributed by atoms with Crippen LogP contribution in [0.4, 0.5) is 5.69 Å². The van der Waals surface area contributed by atoms with Crippen LogP contribution in [0.3, 0.4) is 0 Å². The van der Waals surface area contributed by atoms with Crippen LogP contribution in [0, 0.1) is 6.92 Å². The summed E-state index contributed by atoms with van der Waals surface area (Å²) >= 11 is 0. The number of hydrogen-bond acceptors (Lipinski definition) is 4. The highest BCUT2D eigenvalue weighted by Crippen LogP contribution is 2.29. The van der Waals surface area contributed by atoms with Gasteiger partial charge in [0.25, 0.3) is 0 Å². The minimum absolute atomic E-state index is 0.166. The largest absolute Gasteiger partial charge is 0.495 e. The van der Waals surface area contributed by atoms with E-state index in [0.29, 0.717) is 11.4 Å². The van der Waals surface area contributed by atoms with E-state index >= 15 is 0 Å². The van der Waals surface area contributed by atoms with Crippen LogP contribution in [-0.4, -0.2) is 29.7 Å². The highest BCUT2D eigenvalue weighted by atomic mass is 16.5. The van der Waals surface area contributed by atoms with E-state index in [1.54, 1.807) is 19.4 Å². The van der Waals surface area contributed by atoms with Crippen molar-refractivity contribution in [1.82, 2.24) is 4.98 Å². The van der Waals surface area contributed by atoms with Gasteiger partial charge in [-0.1, -0.05) is 6.07 Å². The van der Waals surface area contributed by atoms with E-state index in [1.165, 1.54) is 0 Å². The molecule has 0 radical (unpaired) electrons. The molecule has 5 nitrogen and oxygen atoms in total. The molecule has 0 aliphatic carbocycles. The molecule has 104 valence electrons. The van der Waals surface area contributed by atoms with Crippen molar-refractivity contribution < 1.29 is 14.6 Å². The normalized spacial score (nSPS) is 10.1. The summed E-state index contributed by atoms with van der Waals surface area (Å²) in [5.74, 6) is -0.326. The molecule has 20 heavy (non-hydrogen) atoms. The molecule has 0 spiro atoms. The number of carbonyl (C=O) groups is 1. The quantitative estimate of drug-likeness (QED) is 0.875. The van der Waals surface area contributed by atoms with E-state index in [1.807, 2.05) is 31.2 Å². The molecule has 0 bridgehead atoms. The number of aryl methyl sites for hydroxylation is 1. The summed E-state index contributed by atoms with van der Waals surface area (Å²) in [7, 11) is 1.55. The Morgan fingerprint density at radius 3 is 2.75 bits per heavy atom. The lowest BCUT2D eigenvalue weighted by molar-refractivity contribution is -0.134. The molecular weight excluding hydrogens is 256 g/mol. The summed E-state index contributed by atoms with van der Waals surface area (Å²) in [6.45, 7) is 1.81. The maximum atomic E-state index is 10.6. The third-order valence-corrected chi connectivity index (χ3v) is 2.84. The average Bonchev–Trinajstić information content (AvgIpc) is 2.45. The number of carboxylic acid groups (broad SMARTS) is 1. The molecule has 0 aliphatic heterocycles. The van der Waals surface area contributed by atoms with E-state index in [-0.39, 0.29) is 6.54 Å². The van der Waals surface area contributed by atoms with Crippen LogP contribution in [0.1, 0.15) is 5.56 Å². The van der Waals surface area contributed by atoms with Crippen LogP contribution in [0.2, 0.25) is 0 Å². The summed E-state index contributed by atoms with van der Waals surface area (Å²) in [5.41, 5.74) is 3.46. The second-order valence-electron chi connectivity index (χ2n) is 4.38. The van der Waals surface area contributed by atoms with Crippen molar-refractivity contribution in [3.05, 3.63) is 42.1 Å². The highest BCUT2D eigenvalue weighted by molar-refractivity contribution is 5.76. The molecule has 2 rings (SSSR count). The zero-order valence-corrected chi connectivity index (χ0v) is 11.4. The molecule has 1 aromatic carbocycles. The van der Waals surface area contributed by atoms with Gasteiger partial charge in [-0.05, 0) is 36.8 Å². The fourth-order valence-corrected chi connectivity index (χ4v) is 1.81. The Morgan fingerprint density at radius 2 is 2.15 bits per heavy atom. The van der Waals surface area contributed by atoms with Gasteiger partial charge in [0.2, 0.25) is 0 Å². The smallest absolute Gasteiger partial charge is 0.322 e. The maximum absolute atomic E-state index is 10.6. The zero-order chi connectivity index (χ0) is 14.5. The standard InChI is InChI=1S/C15H16N2O3/c1-10-3-5-12(16-8-10)11-4-6-14(20-2)13(7-11)17-9-15(18)19/h3-8,17H,9H2,1-2H3,(H,18,19). The third-order valence-electron chi connectivity index (χ3n) is 2.84. The minimum atomic E-state index is -0.925. The Labute approximate surface area is 117 Å². The Kier molecular flexibility index (Phi) is 4.20. The van der Waals surface area contributed by atoms with E-state index in [4.69, 9.17) is 9.84 Å². The number of carboxylic acids is 1. The average molecular weight is 272 g/mol. The minimum Gasteiger partial charge on any atom is -0.495 e. The first-order chi connectivity index (χ1) is 9.60. The van der Waals surface area contributed by atoms with Gasteiger partial charge in [0.1, 0.15) is 12.3 Å². The van der Waals surface area contributed by atoms with Crippen molar-refractivity contribution in [3.8, 4) is 17.0 Å². The van der Waals surface area contributed by atoms with Gasteiger partial charge >= 0.3 is 5.97 Å². The SMILES string of the molecule is COc1ccc(-c2ccc(C)cn2)cc1NCC(=O)O. The van der Waals surface area contributed by atoms with Gasteiger partial charge in [-0.15, -0.1) is 0 Å². The van der Waals surface area contributed by atoms with Gasteiger partial charge in [0, 0.05) is 11.8 Å². The van der Waals surface area contributed by atoms with Crippen LogP contribution in [0.15, 0.2) is 36.5 Å². The fourth-order valence-electron chi connectivity index (χ4n) is 1.81. The summed E-state index contributed by atoms with van der Waals surface area (Å²) in [4.78, 5) is 15.0. The predicted octanol–water partition coefficient (Wildman–Crippen LogP) is 2.56. The first-order valence-corrected chi connectivity index (χ1v) is 6.17. The molecule has 1 heterocycles. The highest BCUT2D eigenvalue weighted by Gasteiger charge is 2.07. The molecular formula is C15H16N2O3. The number of nitrogens with zero attached hydrogens (tertiary/aromatic N) is 1. The molecule has 0 unspecified atom stereocenters. The van der Waals surface area contributed by atoms with Crippen molar-refractivity contribution in [2.45, 2.75) is 6.92 Å². The van der Waals surface area contributed by atoms with Gasteiger partial charge in [0.05, 0.1) is 18.5 Å². The molecule has 2 N–H and O–H groups in total. The number of aliphatic carboxylic acids is 1. The number of anilines is 1. The molecule has 0 atom stereocenters. The summed E-state index contributed by atoms with van der Waals surface area (Å²) in [6.07, 6.45) is 1.80. The number of hydrogen-bond donors (Lipinski definition) is 2. The van der Waals surface area contributed by atoms with Gasteiger partial charge in [0.15, 0.2) is 0 Å². The van der Waals surface area contributed by atoms with Crippen molar-refractivity contribution in [2.75, 3.05) is 19.0 Å². The molecule has 0 fully saturated rings. The predicted molar refractivity (Wildman–Crippen MR) is 77.1 cm³/mol. The summed E-state index contributed by atoms with van der Waals surface area (Å²) in [6, 6.07) is 9.43. The molecule has 0 amide bonds. The number of ether oxygens (including phenoxy) is 1. The van der Waals surface area contributed by atoms with Crippen LogP contribution < -0.4 is 10.1 Å². The van der Waals surface area contributed by atoms with E-state index in [2.05, 4.69) is 10.3 Å². The number of pyridine rings is 1. The van der Waals surface area contributed by atoms with Crippen LogP contribution in [-0.2, 0) is 4.79 Å². The second kappa shape index (κ2) is 6.06. The monoisotopic (exact) mass is 272 g/mol. The van der Waals surface area contributed by atoms with Crippen molar-refractivity contribution in [2.24, 2.45) is 0 Å². The van der Waals surface area contributed by atoms with E-state index in [0.717, 1.165) is 16.8 Å². The lowest BCUT2D eigenvalue weighted by atomic mass is 10.1. The van der Waals surface area contributed by atoms with Crippen molar-refractivity contribution in [3.63, 3.8) is 0 Å². The van der Waals surface area contributed by atoms with E-state index < -0.39 is 5.97 Å². The molecule has 2 aromatic rings. The molecule has 5 heteroatoms. The first-order valence-electron chi connectivity index (χ1n) is 6.17. The maximum Gasteiger partial charge on any atom is 0.322 e. The number of rotatable bonds is 5. The molecule has 0 saturated carbocycles. The Hall–Kier alpha value is -2.56.